The van der Waals surface area contributed by atoms with Crippen LogP contribution in [0.2, 0.25) is 0 Å². The minimum atomic E-state index is -2.94. The van der Waals surface area contributed by atoms with E-state index in [2.05, 4.69) is 164 Å². The Hall–Kier alpha value is -4.98. The fourth-order valence-corrected chi connectivity index (χ4v) is 7.78. The molecule has 5 nitrogen and oxygen atoms in total. The maximum atomic E-state index is 5.71. The quantitative estimate of drug-likeness (QED) is 0.130. The standard InChI is InChI=1S/C42H42N2O3Si/c1-31-7-17-36(18-8-31)43(37-19-9-32(2)10-20-37)39-23-13-34(14-24-39)35-15-25-40(26-16-35)44(38-21-11-33(3)12-22-38)41-27-29-42(30-28-41)48(45-4,46-5)47-6/h7-30H,1-6H3. The Morgan fingerprint density at radius 2 is 0.562 bits per heavy atom. The van der Waals surface area contributed by atoms with Gasteiger partial charge in [0.15, 0.2) is 0 Å². The van der Waals surface area contributed by atoms with Crippen molar-refractivity contribution in [1.82, 2.24) is 0 Å². The van der Waals surface area contributed by atoms with Crippen LogP contribution >= 0.6 is 0 Å². The molecular weight excluding hydrogens is 609 g/mol. The van der Waals surface area contributed by atoms with Gasteiger partial charge in [0.25, 0.3) is 0 Å². The Labute approximate surface area is 286 Å². The molecule has 0 amide bonds. The van der Waals surface area contributed by atoms with Crippen molar-refractivity contribution in [2.75, 3.05) is 31.1 Å². The molecular formula is C42H42N2O3Si. The Morgan fingerprint density at radius 3 is 0.812 bits per heavy atom. The van der Waals surface area contributed by atoms with Gasteiger partial charge in [0.2, 0.25) is 0 Å². The summed E-state index contributed by atoms with van der Waals surface area (Å²) in [5.41, 5.74) is 12.5. The Bertz CT molecular complexity index is 1870. The summed E-state index contributed by atoms with van der Waals surface area (Å²) in [5, 5.41) is 0.907. The average molecular weight is 651 g/mol. The van der Waals surface area contributed by atoms with Crippen molar-refractivity contribution >= 4 is 48.1 Å². The summed E-state index contributed by atoms with van der Waals surface area (Å²) in [4.78, 5) is 4.56. The molecule has 0 unspecified atom stereocenters. The zero-order chi connectivity index (χ0) is 33.7. The first-order chi connectivity index (χ1) is 23.3. The number of aryl methyl sites for hydroxylation is 3. The van der Waals surface area contributed by atoms with Crippen molar-refractivity contribution in [3.8, 4) is 11.1 Å². The van der Waals surface area contributed by atoms with Crippen LogP contribution in [0.5, 0.6) is 0 Å². The van der Waals surface area contributed by atoms with Crippen molar-refractivity contribution in [2.24, 2.45) is 0 Å². The van der Waals surface area contributed by atoms with Crippen LogP contribution < -0.4 is 15.0 Å². The largest absolute Gasteiger partial charge is 0.536 e. The molecule has 6 rings (SSSR count). The highest BCUT2D eigenvalue weighted by Gasteiger charge is 2.40. The molecule has 0 radical (unpaired) electrons. The van der Waals surface area contributed by atoms with Crippen molar-refractivity contribution in [2.45, 2.75) is 20.8 Å². The van der Waals surface area contributed by atoms with Crippen LogP contribution in [-0.2, 0) is 13.3 Å². The molecule has 0 fully saturated rings. The second-order valence-electron chi connectivity index (χ2n) is 12.0. The van der Waals surface area contributed by atoms with E-state index in [1.54, 1.807) is 21.3 Å². The fraction of sp³-hybridized carbons (Fsp3) is 0.143. The van der Waals surface area contributed by atoms with Crippen molar-refractivity contribution in [1.29, 1.82) is 0 Å². The van der Waals surface area contributed by atoms with Crippen LogP contribution in [0.25, 0.3) is 11.1 Å². The van der Waals surface area contributed by atoms with E-state index in [9.17, 15) is 0 Å². The summed E-state index contributed by atoms with van der Waals surface area (Å²) < 4.78 is 17.1. The highest BCUT2D eigenvalue weighted by Crippen LogP contribution is 2.38. The molecule has 6 aromatic carbocycles. The summed E-state index contributed by atoms with van der Waals surface area (Å²) in [6, 6.07) is 51.8. The Morgan fingerprint density at radius 1 is 0.333 bits per heavy atom. The molecule has 0 atom stereocenters. The van der Waals surface area contributed by atoms with Gasteiger partial charge in [-0.3, -0.25) is 0 Å². The summed E-state index contributed by atoms with van der Waals surface area (Å²) in [6.45, 7) is 6.34. The maximum absolute atomic E-state index is 5.71. The SMILES string of the molecule is CO[Si](OC)(OC)c1ccc(N(c2ccc(C)cc2)c2ccc(-c3ccc(N(c4ccc(C)cc4)c4ccc(C)cc4)cc3)cc2)cc1. The van der Waals surface area contributed by atoms with Gasteiger partial charge in [-0.1, -0.05) is 89.5 Å². The van der Waals surface area contributed by atoms with E-state index >= 15 is 0 Å². The third kappa shape index (κ3) is 6.84. The first-order valence-corrected chi connectivity index (χ1v) is 17.8. The molecule has 0 aromatic heterocycles. The number of hydrogen-bond acceptors (Lipinski definition) is 5. The molecule has 0 aliphatic rings. The van der Waals surface area contributed by atoms with Gasteiger partial charge >= 0.3 is 8.80 Å². The molecule has 0 aliphatic carbocycles. The molecule has 6 aromatic rings. The zero-order valence-corrected chi connectivity index (χ0v) is 29.5. The number of anilines is 6. The first-order valence-electron chi connectivity index (χ1n) is 16.1. The summed E-state index contributed by atoms with van der Waals surface area (Å²) in [5.74, 6) is 0. The van der Waals surface area contributed by atoms with Crippen molar-refractivity contribution in [3.63, 3.8) is 0 Å². The smallest absolute Gasteiger partial charge is 0.373 e. The molecule has 0 N–H and O–H groups in total. The minimum absolute atomic E-state index is 0.907. The molecule has 0 spiro atoms. The molecule has 0 bridgehead atoms. The van der Waals surface area contributed by atoms with Gasteiger partial charge in [0.1, 0.15) is 0 Å². The lowest BCUT2D eigenvalue weighted by molar-refractivity contribution is 0.140. The average Bonchev–Trinajstić information content (AvgIpc) is 3.13. The summed E-state index contributed by atoms with van der Waals surface area (Å²) in [7, 11) is 1.95. The van der Waals surface area contributed by atoms with Gasteiger partial charge in [-0.05, 0) is 105 Å². The van der Waals surface area contributed by atoms with Crippen LogP contribution in [0.1, 0.15) is 16.7 Å². The second kappa shape index (κ2) is 14.4. The van der Waals surface area contributed by atoms with Gasteiger partial charge in [-0.15, -0.1) is 0 Å². The highest BCUT2D eigenvalue weighted by atomic mass is 28.4. The lowest BCUT2D eigenvalue weighted by Gasteiger charge is -2.28. The minimum Gasteiger partial charge on any atom is -0.373 e. The molecule has 0 saturated heterocycles. The number of hydrogen-bond donors (Lipinski definition) is 0. The van der Waals surface area contributed by atoms with E-state index in [1.807, 2.05) is 12.1 Å². The number of nitrogens with zero attached hydrogens (tertiary/aromatic N) is 2. The van der Waals surface area contributed by atoms with E-state index in [4.69, 9.17) is 13.3 Å². The zero-order valence-electron chi connectivity index (χ0n) is 28.5. The number of rotatable bonds is 11. The molecule has 0 saturated carbocycles. The van der Waals surface area contributed by atoms with E-state index in [0.717, 1.165) is 50.4 Å². The van der Waals surface area contributed by atoms with E-state index in [-0.39, 0.29) is 0 Å². The molecule has 0 aliphatic heterocycles. The van der Waals surface area contributed by atoms with E-state index in [1.165, 1.54) is 16.7 Å². The predicted molar refractivity (Wildman–Crippen MR) is 202 cm³/mol. The lowest BCUT2D eigenvalue weighted by Crippen LogP contribution is -2.54. The Kier molecular flexibility index (Phi) is 9.89. The van der Waals surface area contributed by atoms with Crippen LogP contribution in [0, 0.1) is 20.8 Å². The molecule has 0 heterocycles. The van der Waals surface area contributed by atoms with Gasteiger partial charge in [-0.2, -0.15) is 0 Å². The molecule has 48 heavy (non-hydrogen) atoms. The third-order valence-electron chi connectivity index (χ3n) is 8.75. The Balaban J connectivity index is 1.31. The van der Waals surface area contributed by atoms with Crippen molar-refractivity contribution < 1.29 is 13.3 Å². The van der Waals surface area contributed by atoms with Crippen LogP contribution in [0.4, 0.5) is 34.1 Å². The van der Waals surface area contributed by atoms with Gasteiger partial charge in [0.05, 0.1) is 0 Å². The monoisotopic (exact) mass is 650 g/mol. The summed E-state index contributed by atoms with van der Waals surface area (Å²) in [6.07, 6.45) is 0. The normalized spacial score (nSPS) is 11.4. The number of benzene rings is 6. The van der Waals surface area contributed by atoms with Gasteiger partial charge in [0, 0.05) is 60.6 Å². The van der Waals surface area contributed by atoms with E-state index in [0.29, 0.717) is 0 Å². The van der Waals surface area contributed by atoms with Gasteiger partial charge < -0.3 is 23.1 Å². The van der Waals surface area contributed by atoms with Crippen molar-refractivity contribution in [3.05, 3.63) is 162 Å². The summed E-state index contributed by atoms with van der Waals surface area (Å²) >= 11 is 0. The molecule has 6 heteroatoms. The van der Waals surface area contributed by atoms with Gasteiger partial charge in [-0.25, -0.2) is 0 Å². The second-order valence-corrected chi connectivity index (χ2v) is 14.9. The van der Waals surface area contributed by atoms with Crippen LogP contribution in [0.3, 0.4) is 0 Å². The fourth-order valence-electron chi connectivity index (χ4n) is 6.00. The molecule has 242 valence electrons. The van der Waals surface area contributed by atoms with Crippen LogP contribution in [-0.4, -0.2) is 30.1 Å². The highest BCUT2D eigenvalue weighted by molar-refractivity contribution is 6.75. The third-order valence-corrected chi connectivity index (χ3v) is 11.4. The lowest BCUT2D eigenvalue weighted by atomic mass is 10.0. The topological polar surface area (TPSA) is 34.2 Å². The maximum Gasteiger partial charge on any atom is 0.536 e. The first kappa shape index (κ1) is 32.9. The van der Waals surface area contributed by atoms with E-state index < -0.39 is 8.80 Å². The predicted octanol–water partition coefficient (Wildman–Crippen LogP) is 10.3. The van der Waals surface area contributed by atoms with Crippen LogP contribution in [0.15, 0.2) is 146 Å².